The maximum atomic E-state index is 16.8. The molecule has 5 aliphatic rings. The van der Waals surface area contributed by atoms with E-state index in [1.165, 1.54) is 4.90 Å². The van der Waals surface area contributed by atoms with Crippen molar-refractivity contribution in [3.05, 3.63) is 81.3 Å². The quantitative estimate of drug-likeness (QED) is 0.323. The zero-order chi connectivity index (χ0) is 29.3. The molecule has 0 amide bonds. The lowest BCUT2D eigenvalue weighted by Gasteiger charge is -2.40. The minimum Gasteiger partial charge on any atom is -0.478 e. The zero-order valence-corrected chi connectivity index (χ0v) is 24.8. The van der Waals surface area contributed by atoms with Gasteiger partial charge in [0.2, 0.25) is 0 Å². The molecule has 10 heteroatoms. The van der Waals surface area contributed by atoms with Crippen LogP contribution in [0.1, 0.15) is 34.3 Å². The van der Waals surface area contributed by atoms with Gasteiger partial charge in [-0.3, -0.25) is 0 Å². The lowest BCUT2D eigenvalue weighted by molar-refractivity contribution is -0.582. The van der Waals surface area contributed by atoms with Crippen molar-refractivity contribution >= 4 is 41.9 Å². The first-order chi connectivity index (χ1) is 20.2. The molecule has 42 heavy (non-hydrogen) atoms. The average Bonchev–Trinajstić information content (AvgIpc) is 2.91. The Morgan fingerprint density at radius 3 is 2.31 bits per heavy atom. The summed E-state index contributed by atoms with van der Waals surface area (Å²) in [6.07, 6.45) is 8.28. The van der Waals surface area contributed by atoms with Gasteiger partial charge in [-0.2, -0.15) is 0 Å². The van der Waals surface area contributed by atoms with Gasteiger partial charge in [-0.1, -0.05) is 19.2 Å². The molecule has 4 heterocycles. The summed E-state index contributed by atoms with van der Waals surface area (Å²) in [6.45, 7) is 9.12. The second-order valence-electron chi connectivity index (χ2n) is 12.1. The number of halogens is 3. The van der Waals surface area contributed by atoms with Gasteiger partial charge in [0.05, 0.1) is 19.6 Å². The van der Waals surface area contributed by atoms with Crippen molar-refractivity contribution in [3.8, 4) is 0 Å². The topological polar surface area (TPSA) is 56.0 Å². The van der Waals surface area contributed by atoms with Crippen LogP contribution in [-0.4, -0.2) is 81.9 Å². The number of ether oxygens (including phenoxy) is 1. The first-order valence-electron chi connectivity index (χ1n) is 14.6. The van der Waals surface area contributed by atoms with Crippen LogP contribution in [0.25, 0.3) is 5.57 Å². The molecule has 6 nitrogen and oxygen atoms in total. The molecule has 1 aliphatic carbocycles. The molecule has 0 aromatic heterocycles. The van der Waals surface area contributed by atoms with E-state index in [9.17, 15) is 9.90 Å². The van der Waals surface area contributed by atoms with Crippen LogP contribution >= 0.6 is 0 Å². The predicted octanol–water partition coefficient (Wildman–Crippen LogP) is 4.47. The van der Waals surface area contributed by atoms with Gasteiger partial charge in [-0.15, -0.1) is 0 Å². The SMILES string of the molecule is C[Si]1(C)C2=CC(=[N+]3CCC3)C=CC2=C(c2c(F)c(N3CCOCC3)c(F)c(F)c2C(=O)O)c2ccc(N3CCC3)cc21. The molecule has 0 unspecified atom stereocenters. The average molecular weight is 593 g/mol. The number of nitrogens with zero attached hydrogens (tertiary/aromatic N) is 3. The smallest absolute Gasteiger partial charge is 0.339 e. The number of aromatic carboxylic acids is 1. The Kier molecular flexibility index (Phi) is 6.47. The Hall–Kier alpha value is -3.63. The van der Waals surface area contributed by atoms with Crippen molar-refractivity contribution in [2.45, 2.75) is 25.9 Å². The van der Waals surface area contributed by atoms with Gasteiger partial charge in [-0.05, 0) is 51.7 Å². The number of hydrogen-bond donors (Lipinski definition) is 1. The van der Waals surface area contributed by atoms with Gasteiger partial charge in [0, 0.05) is 49.6 Å². The van der Waals surface area contributed by atoms with Crippen LogP contribution in [0.3, 0.4) is 0 Å². The second-order valence-corrected chi connectivity index (χ2v) is 16.4. The van der Waals surface area contributed by atoms with Crippen LogP contribution in [0.15, 0.2) is 47.2 Å². The summed E-state index contributed by atoms with van der Waals surface area (Å²) in [4.78, 5) is 16.3. The van der Waals surface area contributed by atoms with Gasteiger partial charge in [0.1, 0.15) is 32.4 Å². The Bertz CT molecular complexity index is 1660. The maximum Gasteiger partial charge on any atom is 0.339 e. The van der Waals surface area contributed by atoms with Crippen LogP contribution in [0, 0.1) is 17.5 Å². The molecule has 0 atom stereocenters. The van der Waals surface area contributed by atoms with E-state index >= 15 is 13.2 Å². The molecule has 0 radical (unpaired) electrons. The summed E-state index contributed by atoms with van der Waals surface area (Å²) in [5.74, 6) is -5.79. The van der Waals surface area contributed by atoms with Crippen LogP contribution in [0.2, 0.25) is 13.1 Å². The standard InChI is InChI=1S/C32H32F3N3O3Si/c1-42(2)23-17-19(36-9-3-10-36)5-7-21(23)25(22-8-6-20(18-24(22)42)37-11-4-12-37)26-27(32(39)40)28(33)30(35)31(29(26)34)38-13-15-41-16-14-38/h5-8,17-18H,3-4,9-16H2,1-2H3/p+1. The summed E-state index contributed by atoms with van der Waals surface area (Å²) in [5, 5.41) is 12.3. The highest BCUT2D eigenvalue weighted by atomic mass is 28.3. The highest BCUT2D eigenvalue weighted by molar-refractivity contribution is 6.98. The van der Waals surface area contributed by atoms with Crippen molar-refractivity contribution in [1.29, 1.82) is 0 Å². The molecule has 3 saturated heterocycles. The van der Waals surface area contributed by atoms with E-state index in [0.29, 0.717) is 16.7 Å². The number of hydrogen-bond acceptors (Lipinski definition) is 4. The number of allylic oxidation sites excluding steroid dienone is 5. The van der Waals surface area contributed by atoms with Crippen LogP contribution in [0.5, 0.6) is 0 Å². The van der Waals surface area contributed by atoms with Crippen molar-refractivity contribution in [1.82, 2.24) is 0 Å². The first-order valence-corrected chi connectivity index (χ1v) is 17.6. The van der Waals surface area contributed by atoms with E-state index < -0.39 is 48.3 Å². The summed E-state index contributed by atoms with van der Waals surface area (Å²) in [6, 6.07) is 6.05. The van der Waals surface area contributed by atoms with E-state index in [4.69, 9.17) is 4.74 Å². The fourth-order valence-corrected chi connectivity index (χ4v) is 9.86. The van der Waals surface area contributed by atoms with E-state index in [0.717, 1.165) is 60.8 Å². The van der Waals surface area contributed by atoms with Crippen molar-refractivity contribution in [2.75, 3.05) is 62.3 Å². The Balaban J connectivity index is 1.55. The van der Waals surface area contributed by atoms with E-state index in [-0.39, 0.29) is 26.3 Å². The highest BCUT2D eigenvalue weighted by Crippen LogP contribution is 2.46. The number of anilines is 2. The number of fused-ring (bicyclic) bond motifs is 2. The first kappa shape index (κ1) is 27.2. The number of carboxylic acid groups (broad SMARTS) is 1. The Morgan fingerprint density at radius 1 is 0.952 bits per heavy atom. The van der Waals surface area contributed by atoms with Gasteiger partial charge in [-0.25, -0.2) is 22.5 Å². The number of rotatable bonds is 4. The second kappa shape index (κ2) is 9.98. The number of carboxylic acids is 1. The van der Waals surface area contributed by atoms with Gasteiger partial charge in [0.25, 0.3) is 0 Å². The fraction of sp³-hybridized carbons (Fsp3) is 0.375. The summed E-state index contributed by atoms with van der Waals surface area (Å²) < 4.78 is 55.8. The maximum absolute atomic E-state index is 16.8. The van der Waals surface area contributed by atoms with E-state index in [1.807, 2.05) is 24.3 Å². The Labute approximate surface area is 243 Å². The molecular weight excluding hydrogens is 559 g/mol. The third-order valence-corrected chi connectivity index (χ3v) is 12.9. The minimum absolute atomic E-state index is 0.167. The lowest BCUT2D eigenvalue weighted by atomic mass is 9.85. The molecule has 1 N–H and O–H groups in total. The van der Waals surface area contributed by atoms with Crippen molar-refractivity contribution in [2.24, 2.45) is 0 Å². The largest absolute Gasteiger partial charge is 0.478 e. The van der Waals surface area contributed by atoms with Crippen LogP contribution in [-0.2, 0) is 4.74 Å². The monoisotopic (exact) mass is 592 g/mol. The van der Waals surface area contributed by atoms with E-state index in [2.05, 4.69) is 34.7 Å². The van der Waals surface area contributed by atoms with Gasteiger partial charge >= 0.3 is 5.97 Å². The number of benzene rings is 2. The van der Waals surface area contributed by atoms with Gasteiger partial charge in [0.15, 0.2) is 23.2 Å². The van der Waals surface area contributed by atoms with Crippen molar-refractivity contribution < 1.29 is 32.4 Å². The molecule has 0 bridgehead atoms. The molecule has 7 rings (SSSR count). The molecular formula is C32H33F3N3O3Si+. The third kappa shape index (κ3) is 4.02. The minimum atomic E-state index is -2.41. The van der Waals surface area contributed by atoms with Crippen LogP contribution < -0.4 is 15.0 Å². The lowest BCUT2D eigenvalue weighted by Crippen LogP contribution is -2.50. The molecule has 218 valence electrons. The van der Waals surface area contributed by atoms with Crippen LogP contribution in [0.4, 0.5) is 24.5 Å². The Morgan fingerprint density at radius 2 is 1.69 bits per heavy atom. The number of morpholine rings is 1. The molecule has 2 aromatic rings. The van der Waals surface area contributed by atoms with Gasteiger partial charge < -0.3 is 19.6 Å². The summed E-state index contributed by atoms with van der Waals surface area (Å²) >= 11 is 0. The van der Waals surface area contributed by atoms with E-state index in [1.54, 1.807) is 0 Å². The molecule has 0 spiro atoms. The normalized spacial score (nSPS) is 21.0. The number of carbonyl (C=O) groups is 1. The molecule has 2 aromatic carbocycles. The summed E-state index contributed by atoms with van der Waals surface area (Å²) in [5.41, 5.74) is 1.89. The highest BCUT2D eigenvalue weighted by Gasteiger charge is 2.44. The molecule has 0 saturated carbocycles. The zero-order valence-electron chi connectivity index (χ0n) is 23.8. The predicted molar refractivity (Wildman–Crippen MR) is 160 cm³/mol. The summed E-state index contributed by atoms with van der Waals surface area (Å²) in [7, 11) is -2.41. The molecule has 3 fully saturated rings. The van der Waals surface area contributed by atoms with Crippen molar-refractivity contribution in [3.63, 3.8) is 0 Å². The third-order valence-electron chi connectivity index (χ3n) is 9.42. The molecule has 4 aliphatic heterocycles. The fourth-order valence-electron chi connectivity index (χ4n) is 6.78.